The van der Waals surface area contributed by atoms with Gasteiger partial charge in [-0.2, -0.15) is 0 Å². The van der Waals surface area contributed by atoms with E-state index in [1.807, 2.05) is 0 Å². The molecule has 12 heavy (non-hydrogen) atoms. The maximum absolute atomic E-state index is 10.2. The molecule has 0 saturated heterocycles. The third-order valence-electron chi connectivity index (χ3n) is 1.31. The minimum atomic E-state index is -0.198. The van der Waals surface area contributed by atoms with Crippen LogP contribution in [0.2, 0.25) is 5.15 Å². The van der Waals surface area contributed by atoms with Gasteiger partial charge < -0.3 is 5.73 Å². The number of nitrogens with zero attached hydrogens (tertiary/aromatic N) is 1. The monoisotopic (exact) mass is 183 g/mol. The third kappa shape index (κ3) is 1.60. The molecule has 0 atom stereocenters. The van der Waals surface area contributed by atoms with Gasteiger partial charge in [0.15, 0.2) is 6.29 Å². The Bertz CT molecular complexity index is 337. The van der Waals surface area contributed by atoms with Gasteiger partial charge in [-0.25, -0.2) is 4.98 Å². The molecule has 0 radical (unpaired) electrons. The first-order valence-corrected chi connectivity index (χ1v) is 3.48. The summed E-state index contributed by atoms with van der Waals surface area (Å²) >= 11 is 5.51. The van der Waals surface area contributed by atoms with E-state index in [4.69, 9.17) is 22.7 Å². The Morgan fingerprint density at radius 3 is 2.92 bits per heavy atom. The number of halogens is 1. The molecular formula is C7H6ClN3O. The van der Waals surface area contributed by atoms with Crippen LogP contribution in [0, 0.1) is 5.41 Å². The van der Waals surface area contributed by atoms with Crippen LogP contribution in [0.5, 0.6) is 0 Å². The van der Waals surface area contributed by atoms with Crippen molar-refractivity contribution in [2.24, 2.45) is 0 Å². The first kappa shape index (κ1) is 8.67. The lowest BCUT2D eigenvalue weighted by atomic mass is 10.1. The van der Waals surface area contributed by atoms with E-state index in [-0.39, 0.29) is 16.6 Å². The van der Waals surface area contributed by atoms with E-state index in [9.17, 15) is 4.79 Å². The Balaban J connectivity index is 3.18. The highest BCUT2D eigenvalue weighted by atomic mass is 35.5. The number of hydrogen-bond donors (Lipinski definition) is 2. The Morgan fingerprint density at radius 2 is 2.42 bits per heavy atom. The minimum Gasteiger partial charge on any atom is -0.398 e. The third-order valence-corrected chi connectivity index (χ3v) is 1.52. The van der Waals surface area contributed by atoms with Crippen molar-refractivity contribution in [3.8, 4) is 0 Å². The van der Waals surface area contributed by atoms with Crippen molar-refractivity contribution < 1.29 is 4.79 Å². The van der Waals surface area contributed by atoms with Crippen LogP contribution >= 0.6 is 11.6 Å². The second-order valence-electron chi connectivity index (χ2n) is 2.13. The van der Waals surface area contributed by atoms with Gasteiger partial charge in [-0.1, -0.05) is 11.6 Å². The van der Waals surface area contributed by atoms with Crippen molar-refractivity contribution in [3.05, 3.63) is 23.0 Å². The molecule has 0 fully saturated rings. The van der Waals surface area contributed by atoms with Gasteiger partial charge in [-0.05, 0) is 6.07 Å². The highest BCUT2D eigenvalue weighted by Crippen LogP contribution is 2.14. The second-order valence-corrected chi connectivity index (χ2v) is 2.51. The molecule has 0 amide bonds. The number of nitrogen functional groups attached to an aromatic ring is 1. The normalized spacial score (nSPS) is 9.42. The van der Waals surface area contributed by atoms with E-state index in [0.717, 1.165) is 0 Å². The highest BCUT2D eigenvalue weighted by molar-refractivity contribution is 6.36. The van der Waals surface area contributed by atoms with Crippen LogP contribution in [0.25, 0.3) is 0 Å². The molecule has 0 aliphatic rings. The number of aromatic nitrogens is 1. The molecule has 3 N–H and O–H groups in total. The lowest BCUT2D eigenvalue weighted by Crippen LogP contribution is -2.05. The second kappa shape index (κ2) is 3.32. The summed E-state index contributed by atoms with van der Waals surface area (Å²) in [5.74, 6) is 0. The Kier molecular flexibility index (Phi) is 2.40. The average Bonchev–Trinajstić information content (AvgIpc) is 2.03. The SMILES string of the molecule is N=C(C=O)c1cnc(Cl)cc1N. The van der Waals surface area contributed by atoms with E-state index >= 15 is 0 Å². The predicted octanol–water partition coefficient (Wildman–Crippen LogP) is 0.884. The molecule has 0 aliphatic heterocycles. The van der Waals surface area contributed by atoms with Crippen LogP contribution in [0.4, 0.5) is 5.69 Å². The molecule has 1 aromatic heterocycles. The van der Waals surface area contributed by atoms with E-state index in [1.165, 1.54) is 12.3 Å². The zero-order valence-electron chi connectivity index (χ0n) is 6.04. The fourth-order valence-corrected chi connectivity index (χ4v) is 0.899. The van der Waals surface area contributed by atoms with Crippen molar-refractivity contribution in [1.82, 2.24) is 4.98 Å². The predicted molar refractivity (Wildman–Crippen MR) is 46.6 cm³/mol. The van der Waals surface area contributed by atoms with E-state index in [2.05, 4.69) is 4.98 Å². The average molecular weight is 184 g/mol. The summed E-state index contributed by atoms with van der Waals surface area (Å²) in [6.07, 6.45) is 1.70. The zero-order chi connectivity index (χ0) is 9.14. The molecule has 1 rings (SSSR count). The van der Waals surface area contributed by atoms with Crippen LogP contribution in [0.3, 0.4) is 0 Å². The van der Waals surface area contributed by atoms with Crippen molar-refractivity contribution in [1.29, 1.82) is 5.41 Å². The Hall–Kier alpha value is -1.42. The fraction of sp³-hybridized carbons (Fsp3) is 0. The number of carbonyl (C=O) groups is 1. The van der Waals surface area contributed by atoms with Gasteiger partial charge in [0.05, 0.1) is 0 Å². The molecule has 0 bridgehead atoms. The molecule has 5 heteroatoms. The summed E-state index contributed by atoms with van der Waals surface area (Å²) in [5, 5.41) is 7.40. The van der Waals surface area contributed by atoms with E-state index in [0.29, 0.717) is 11.8 Å². The molecule has 0 aliphatic carbocycles. The number of carbonyl (C=O) groups excluding carboxylic acids is 1. The van der Waals surface area contributed by atoms with Gasteiger partial charge >= 0.3 is 0 Å². The lowest BCUT2D eigenvalue weighted by molar-refractivity contribution is -0.102. The number of pyridine rings is 1. The van der Waals surface area contributed by atoms with Gasteiger partial charge in [0, 0.05) is 17.4 Å². The first-order chi connectivity index (χ1) is 5.65. The number of anilines is 1. The quantitative estimate of drug-likeness (QED) is 0.406. The lowest BCUT2D eigenvalue weighted by Gasteiger charge is -2.00. The maximum Gasteiger partial charge on any atom is 0.168 e. The summed E-state index contributed by atoms with van der Waals surface area (Å²) in [4.78, 5) is 13.9. The van der Waals surface area contributed by atoms with Crippen molar-refractivity contribution in [2.45, 2.75) is 0 Å². The summed E-state index contributed by atoms with van der Waals surface area (Å²) in [6, 6.07) is 1.40. The van der Waals surface area contributed by atoms with Crippen LogP contribution in [0.15, 0.2) is 12.3 Å². The summed E-state index contributed by atoms with van der Waals surface area (Å²) in [7, 11) is 0. The molecule has 0 aromatic carbocycles. The van der Waals surface area contributed by atoms with Crippen LogP contribution < -0.4 is 5.73 Å². The number of nitrogens with two attached hydrogens (primary N) is 1. The van der Waals surface area contributed by atoms with Crippen molar-refractivity contribution in [3.63, 3.8) is 0 Å². The van der Waals surface area contributed by atoms with Crippen LogP contribution in [-0.4, -0.2) is 17.0 Å². The van der Waals surface area contributed by atoms with Gasteiger partial charge in [0.1, 0.15) is 10.9 Å². The number of rotatable bonds is 2. The number of hydrogen-bond acceptors (Lipinski definition) is 4. The van der Waals surface area contributed by atoms with E-state index in [1.54, 1.807) is 0 Å². The molecule has 1 heterocycles. The summed E-state index contributed by atoms with van der Waals surface area (Å²) < 4.78 is 0. The van der Waals surface area contributed by atoms with Gasteiger partial charge in [-0.15, -0.1) is 0 Å². The number of aldehydes is 1. The molecule has 0 unspecified atom stereocenters. The molecular weight excluding hydrogens is 178 g/mol. The van der Waals surface area contributed by atoms with E-state index < -0.39 is 0 Å². The summed E-state index contributed by atoms with van der Waals surface area (Å²) in [6.45, 7) is 0. The summed E-state index contributed by atoms with van der Waals surface area (Å²) in [5.41, 5.74) is 5.86. The molecule has 0 spiro atoms. The van der Waals surface area contributed by atoms with Gasteiger partial charge in [0.25, 0.3) is 0 Å². The minimum absolute atomic E-state index is 0.198. The fourth-order valence-electron chi connectivity index (χ4n) is 0.733. The topological polar surface area (TPSA) is 79.8 Å². The van der Waals surface area contributed by atoms with Gasteiger partial charge in [0.2, 0.25) is 0 Å². The molecule has 0 saturated carbocycles. The number of nitrogens with one attached hydrogen (secondary N) is 1. The molecule has 62 valence electrons. The largest absolute Gasteiger partial charge is 0.398 e. The molecule has 4 nitrogen and oxygen atoms in total. The van der Waals surface area contributed by atoms with Crippen molar-refractivity contribution >= 4 is 29.3 Å². The molecule has 1 aromatic rings. The van der Waals surface area contributed by atoms with Crippen LogP contribution in [-0.2, 0) is 4.79 Å². The van der Waals surface area contributed by atoms with Crippen molar-refractivity contribution in [2.75, 3.05) is 5.73 Å². The smallest absolute Gasteiger partial charge is 0.168 e. The Morgan fingerprint density at radius 1 is 1.75 bits per heavy atom. The van der Waals surface area contributed by atoms with Gasteiger partial charge in [-0.3, -0.25) is 10.2 Å². The highest BCUT2D eigenvalue weighted by Gasteiger charge is 2.05. The zero-order valence-corrected chi connectivity index (χ0v) is 6.80. The Labute approximate surface area is 73.9 Å². The van der Waals surface area contributed by atoms with Crippen LogP contribution in [0.1, 0.15) is 5.56 Å². The first-order valence-electron chi connectivity index (χ1n) is 3.10. The maximum atomic E-state index is 10.2. The standard InChI is InChI=1S/C7H6ClN3O/c8-7-1-5(9)4(2-11-7)6(10)3-12/h1-3,10H,(H2,9,11).